The summed E-state index contributed by atoms with van der Waals surface area (Å²) >= 11 is 0. The van der Waals surface area contributed by atoms with Gasteiger partial charge in [-0.05, 0) is 17.9 Å². The first-order chi connectivity index (χ1) is 10.3. The van der Waals surface area contributed by atoms with Gasteiger partial charge in [0.1, 0.15) is 10.7 Å². The highest BCUT2D eigenvalue weighted by atomic mass is 16.6. The predicted molar refractivity (Wildman–Crippen MR) is 75.9 cm³/mol. The molecule has 1 aromatic heterocycles. The van der Waals surface area contributed by atoms with Crippen molar-refractivity contribution < 1.29 is 18.9 Å². The van der Waals surface area contributed by atoms with Crippen LogP contribution in [-0.2, 0) is 9.59 Å². The monoisotopic (exact) mass is 304 g/mol. The topological polar surface area (TPSA) is 102 Å². The van der Waals surface area contributed by atoms with Crippen LogP contribution in [0.2, 0.25) is 0 Å². The van der Waals surface area contributed by atoms with Crippen LogP contribution in [0, 0.1) is 15.5 Å². The Hall–Kier alpha value is -2.44. The molecule has 0 saturated carbocycles. The molecule has 2 aliphatic rings. The fourth-order valence-corrected chi connectivity index (χ4v) is 3.23. The lowest BCUT2D eigenvalue weighted by Crippen LogP contribution is -2.40. The van der Waals surface area contributed by atoms with Gasteiger partial charge in [0.2, 0.25) is 5.91 Å². The first-order valence-corrected chi connectivity index (χ1v) is 7.07. The average molecular weight is 304 g/mol. The van der Waals surface area contributed by atoms with Crippen LogP contribution in [0.1, 0.15) is 44.8 Å². The molecule has 7 heteroatoms. The van der Waals surface area contributed by atoms with E-state index >= 15 is 0 Å². The summed E-state index contributed by atoms with van der Waals surface area (Å²) in [6.45, 7) is 3.95. The third-order valence-corrected chi connectivity index (χ3v) is 4.08. The number of Topliss-reactive ketones (excluding diaryl/α,β-unsaturated/α-hetero) is 1. The molecule has 0 unspecified atom stereocenters. The molecule has 0 fully saturated rings. The molecular formula is C15H16N2O5. The molecule has 116 valence electrons. The number of rotatable bonds is 2. The average Bonchev–Trinajstić information content (AvgIpc) is 2.84. The van der Waals surface area contributed by atoms with Crippen LogP contribution in [0.5, 0.6) is 0 Å². The molecule has 0 spiro atoms. The van der Waals surface area contributed by atoms with Crippen LogP contribution in [0.15, 0.2) is 27.8 Å². The van der Waals surface area contributed by atoms with E-state index < -0.39 is 10.8 Å². The summed E-state index contributed by atoms with van der Waals surface area (Å²) in [5, 5.41) is 13.5. The van der Waals surface area contributed by atoms with Crippen molar-refractivity contribution in [3.63, 3.8) is 0 Å². The highest BCUT2D eigenvalue weighted by molar-refractivity contribution is 6.01. The van der Waals surface area contributed by atoms with E-state index in [0.717, 1.165) is 0 Å². The van der Waals surface area contributed by atoms with Gasteiger partial charge in [-0.15, -0.1) is 0 Å². The van der Waals surface area contributed by atoms with Crippen LogP contribution in [0.4, 0.5) is 5.88 Å². The van der Waals surface area contributed by atoms with Crippen LogP contribution < -0.4 is 5.32 Å². The molecule has 1 atom stereocenters. The third-order valence-electron chi connectivity index (χ3n) is 4.08. The Balaban J connectivity index is 2.04. The fourth-order valence-electron chi connectivity index (χ4n) is 3.23. The first kappa shape index (κ1) is 14.5. The number of hydrogen-bond donors (Lipinski definition) is 1. The molecule has 0 aromatic carbocycles. The van der Waals surface area contributed by atoms with Gasteiger partial charge in [-0.2, -0.15) is 0 Å². The quantitative estimate of drug-likeness (QED) is 0.667. The lowest BCUT2D eigenvalue weighted by Gasteiger charge is -2.37. The minimum atomic E-state index is -0.631. The summed E-state index contributed by atoms with van der Waals surface area (Å²) in [4.78, 5) is 34.5. The summed E-state index contributed by atoms with van der Waals surface area (Å²) in [6.07, 6.45) is 1.05. The van der Waals surface area contributed by atoms with Crippen molar-refractivity contribution in [2.75, 3.05) is 0 Å². The highest BCUT2D eigenvalue weighted by Crippen LogP contribution is 2.44. The van der Waals surface area contributed by atoms with Crippen molar-refractivity contribution in [2.24, 2.45) is 5.41 Å². The summed E-state index contributed by atoms with van der Waals surface area (Å²) in [5.74, 6) is -0.863. The van der Waals surface area contributed by atoms with Crippen molar-refractivity contribution in [3.05, 3.63) is 39.3 Å². The number of nitrogens with one attached hydrogen (secondary N) is 1. The minimum Gasteiger partial charge on any atom is -0.405 e. The van der Waals surface area contributed by atoms with Gasteiger partial charge in [0.05, 0.1) is 12.0 Å². The lowest BCUT2D eigenvalue weighted by atomic mass is 9.71. The lowest BCUT2D eigenvalue weighted by molar-refractivity contribution is -0.402. The first-order valence-electron chi connectivity index (χ1n) is 7.07. The van der Waals surface area contributed by atoms with Crippen molar-refractivity contribution in [3.8, 4) is 0 Å². The van der Waals surface area contributed by atoms with Gasteiger partial charge < -0.3 is 9.73 Å². The van der Waals surface area contributed by atoms with Crippen molar-refractivity contribution in [1.82, 2.24) is 5.32 Å². The maximum absolute atomic E-state index is 12.5. The van der Waals surface area contributed by atoms with Gasteiger partial charge in [0, 0.05) is 24.1 Å². The summed E-state index contributed by atoms with van der Waals surface area (Å²) in [5.41, 5.74) is 0.949. The van der Waals surface area contributed by atoms with E-state index in [1.54, 1.807) is 0 Å². The zero-order valence-corrected chi connectivity index (χ0v) is 12.3. The molecule has 22 heavy (non-hydrogen) atoms. The number of allylic oxidation sites excluding steroid dienone is 2. The second-order valence-electron chi connectivity index (χ2n) is 6.57. The summed E-state index contributed by atoms with van der Waals surface area (Å²) in [6, 6.07) is 2.72. The van der Waals surface area contributed by atoms with Crippen molar-refractivity contribution in [1.29, 1.82) is 0 Å². The number of furan rings is 1. The van der Waals surface area contributed by atoms with E-state index in [0.29, 0.717) is 29.9 Å². The van der Waals surface area contributed by atoms with E-state index in [2.05, 4.69) is 5.32 Å². The number of carbonyl (C=O) groups excluding carboxylic acids is 2. The molecular weight excluding hydrogens is 288 g/mol. The molecule has 1 aliphatic carbocycles. The highest BCUT2D eigenvalue weighted by Gasteiger charge is 2.41. The van der Waals surface area contributed by atoms with Crippen molar-refractivity contribution in [2.45, 2.75) is 39.0 Å². The van der Waals surface area contributed by atoms with Crippen LogP contribution >= 0.6 is 0 Å². The Bertz CT molecular complexity index is 713. The van der Waals surface area contributed by atoms with E-state index in [4.69, 9.17) is 4.42 Å². The number of hydrogen-bond acceptors (Lipinski definition) is 5. The van der Waals surface area contributed by atoms with E-state index in [1.807, 2.05) is 13.8 Å². The smallest absolute Gasteiger partial charge is 0.405 e. The van der Waals surface area contributed by atoms with Gasteiger partial charge >= 0.3 is 5.88 Å². The molecule has 0 saturated heterocycles. The molecule has 3 rings (SSSR count). The Morgan fingerprint density at radius 1 is 1.32 bits per heavy atom. The maximum atomic E-state index is 12.5. The Kier molecular flexibility index (Phi) is 3.16. The molecule has 1 aromatic rings. The maximum Gasteiger partial charge on any atom is 0.433 e. The SMILES string of the molecule is CC1(C)CC(=O)C2=C(C1)NC(=O)C[C@@H]2c1ccc([N+](=O)[O-])o1. The van der Waals surface area contributed by atoms with Gasteiger partial charge in [0.15, 0.2) is 5.78 Å². The molecule has 7 nitrogen and oxygen atoms in total. The van der Waals surface area contributed by atoms with Crippen LogP contribution in [-0.4, -0.2) is 16.6 Å². The molecule has 0 bridgehead atoms. The van der Waals surface area contributed by atoms with Gasteiger partial charge in [-0.25, -0.2) is 0 Å². The summed E-state index contributed by atoms with van der Waals surface area (Å²) in [7, 11) is 0. The fraction of sp³-hybridized carbons (Fsp3) is 0.467. The van der Waals surface area contributed by atoms with Crippen LogP contribution in [0.25, 0.3) is 0 Å². The predicted octanol–water partition coefficient (Wildman–Crippen LogP) is 2.43. The molecule has 1 aliphatic heterocycles. The Morgan fingerprint density at radius 3 is 2.68 bits per heavy atom. The third kappa shape index (κ3) is 2.43. The van der Waals surface area contributed by atoms with Crippen molar-refractivity contribution >= 4 is 17.6 Å². The molecule has 2 heterocycles. The second kappa shape index (κ2) is 4.79. The Morgan fingerprint density at radius 2 is 2.05 bits per heavy atom. The number of amides is 1. The number of ketones is 1. The van der Waals surface area contributed by atoms with E-state index in [-0.39, 0.29) is 29.4 Å². The van der Waals surface area contributed by atoms with E-state index in [1.165, 1.54) is 12.1 Å². The standard InChI is InChI=1S/C15H16N2O5/c1-15(2)6-9-14(10(18)7-15)8(5-12(19)16-9)11-3-4-13(22-11)17(20)21/h3-4,8H,5-7H2,1-2H3,(H,16,19)/t8-/m1/s1. The largest absolute Gasteiger partial charge is 0.433 e. The molecule has 1 amide bonds. The van der Waals surface area contributed by atoms with Crippen LogP contribution in [0.3, 0.4) is 0 Å². The normalized spacial score (nSPS) is 24.0. The van der Waals surface area contributed by atoms with E-state index in [9.17, 15) is 19.7 Å². The van der Waals surface area contributed by atoms with Gasteiger partial charge in [0.25, 0.3) is 0 Å². The number of nitro groups is 1. The number of nitrogens with zero attached hydrogens (tertiary/aromatic N) is 1. The zero-order chi connectivity index (χ0) is 16.1. The molecule has 0 radical (unpaired) electrons. The summed E-state index contributed by atoms with van der Waals surface area (Å²) < 4.78 is 5.22. The molecule has 1 N–H and O–H groups in total. The number of carbonyl (C=O) groups is 2. The van der Waals surface area contributed by atoms with Gasteiger partial charge in [-0.1, -0.05) is 13.8 Å². The second-order valence-corrected chi connectivity index (χ2v) is 6.57. The van der Waals surface area contributed by atoms with Gasteiger partial charge in [-0.3, -0.25) is 19.7 Å². The minimum absolute atomic E-state index is 0.0321. The zero-order valence-electron chi connectivity index (χ0n) is 12.3. The Labute approximate surface area is 126 Å².